The fraction of sp³-hybridized carbons (Fsp3) is 0.288. The van der Waals surface area contributed by atoms with Gasteiger partial charge >= 0.3 is 6.85 Å². The molecule has 312 valence electrons. The molecule has 9 aromatic rings. The van der Waals surface area contributed by atoms with Crippen LogP contribution in [0.4, 0.5) is 11.4 Å². The maximum Gasteiger partial charge on any atom is 0.333 e. The molecular formula is C59H57BN2O. The number of hydrogen-bond donors (Lipinski definition) is 0. The van der Waals surface area contributed by atoms with Crippen molar-refractivity contribution in [3.8, 4) is 27.9 Å². The van der Waals surface area contributed by atoms with E-state index < -0.39 is 0 Å². The standard InChI is InChI=1S/C59H57BN2O/c1-34-27-43-44(59(10,11)26-25-58(43,8)9)33-48(34)62-47-23-24-51-53(39-19-15-16-20-50(39)63-51)52(47)42-28-36(35-17-13-12-14-18-35)29-49-54(42)60(62)45-32-38(57(5,6)7)31-41-40-30-37(56(2,3)4)21-22-46(40)61(49)55(41)45/h12-24,27-33H,25-26H2,1-11H3. The van der Waals surface area contributed by atoms with Crippen molar-refractivity contribution in [1.82, 2.24) is 4.57 Å². The van der Waals surface area contributed by atoms with Gasteiger partial charge in [-0.25, -0.2) is 0 Å². The van der Waals surface area contributed by atoms with Gasteiger partial charge in [-0.3, -0.25) is 0 Å². The van der Waals surface area contributed by atoms with E-state index in [9.17, 15) is 0 Å². The van der Waals surface area contributed by atoms with Gasteiger partial charge in [0, 0.05) is 44.2 Å². The van der Waals surface area contributed by atoms with E-state index in [0.29, 0.717) is 0 Å². The maximum absolute atomic E-state index is 6.75. The smallest absolute Gasteiger partial charge is 0.333 e. The van der Waals surface area contributed by atoms with Gasteiger partial charge in [-0.05, 0) is 151 Å². The van der Waals surface area contributed by atoms with Crippen LogP contribution in [0.15, 0.2) is 126 Å². The van der Waals surface area contributed by atoms with E-state index in [1.54, 1.807) is 0 Å². The molecule has 0 N–H and O–H groups in total. The molecule has 0 unspecified atom stereocenters. The molecule has 0 saturated heterocycles. The predicted octanol–water partition coefficient (Wildman–Crippen LogP) is 14.8. The average molecular weight is 821 g/mol. The first-order valence-corrected chi connectivity index (χ1v) is 23.2. The van der Waals surface area contributed by atoms with Crippen LogP contribution in [0.5, 0.6) is 0 Å². The normalized spacial score (nSPS) is 16.2. The van der Waals surface area contributed by atoms with Crippen molar-refractivity contribution in [2.24, 2.45) is 0 Å². The molecule has 4 heteroatoms. The number of furan rings is 1. The highest BCUT2D eigenvalue weighted by atomic mass is 16.3. The highest BCUT2D eigenvalue weighted by Crippen LogP contribution is 2.53. The quantitative estimate of drug-likeness (QED) is 0.162. The minimum Gasteiger partial charge on any atom is -0.456 e. The van der Waals surface area contributed by atoms with Crippen molar-refractivity contribution >= 4 is 72.9 Å². The van der Waals surface area contributed by atoms with E-state index in [1.807, 2.05) is 0 Å². The van der Waals surface area contributed by atoms with E-state index in [0.717, 1.165) is 23.0 Å². The van der Waals surface area contributed by atoms with Gasteiger partial charge in [-0.2, -0.15) is 0 Å². The van der Waals surface area contributed by atoms with E-state index in [2.05, 4.69) is 207 Å². The Hall–Kier alpha value is -6.00. The third kappa shape index (κ3) is 5.39. The number of hydrogen-bond acceptors (Lipinski definition) is 2. The van der Waals surface area contributed by atoms with Gasteiger partial charge in [0.15, 0.2) is 0 Å². The average Bonchev–Trinajstić information content (AvgIpc) is 3.79. The molecule has 7 aromatic carbocycles. The van der Waals surface area contributed by atoms with E-state index in [-0.39, 0.29) is 28.5 Å². The Bertz CT molecular complexity index is 3440. The number of aromatic nitrogens is 1. The Morgan fingerprint density at radius 3 is 1.98 bits per heavy atom. The fourth-order valence-corrected chi connectivity index (χ4v) is 11.7. The van der Waals surface area contributed by atoms with Crippen molar-refractivity contribution in [3.05, 3.63) is 149 Å². The van der Waals surface area contributed by atoms with Crippen molar-refractivity contribution in [2.75, 3.05) is 4.81 Å². The summed E-state index contributed by atoms with van der Waals surface area (Å²) in [7, 11) is 0. The number of rotatable bonds is 2. The number of benzene rings is 7. The van der Waals surface area contributed by atoms with Crippen LogP contribution in [0.25, 0.3) is 71.7 Å². The van der Waals surface area contributed by atoms with Crippen molar-refractivity contribution < 1.29 is 4.42 Å². The molecule has 0 amide bonds. The molecule has 0 spiro atoms. The molecule has 1 aliphatic carbocycles. The molecular weight excluding hydrogens is 763 g/mol. The second-order valence-corrected chi connectivity index (χ2v) is 22.5. The minimum atomic E-state index is -0.0944. The molecule has 0 atom stereocenters. The van der Waals surface area contributed by atoms with Gasteiger partial charge in [0.1, 0.15) is 11.2 Å². The Labute approximate surface area is 372 Å². The Kier molecular flexibility index (Phi) is 7.73. The number of para-hydroxylation sites is 1. The van der Waals surface area contributed by atoms with E-state index in [4.69, 9.17) is 4.42 Å². The van der Waals surface area contributed by atoms with Gasteiger partial charge in [-0.15, -0.1) is 0 Å². The first-order chi connectivity index (χ1) is 29.9. The summed E-state index contributed by atoms with van der Waals surface area (Å²) in [6.07, 6.45) is 2.35. The molecule has 0 fully saturated rings. The lowest BCUT2D eigenvalue weighted by molar-refractivity contribution is 0.332. The molecule has 63 heavy (non-hydrogen) atoms. The van der Waals surface area contributed by atoms with Crippen LogP contribution in [-0.4, -0.2) is 11.4 Å². The molecule has 0 bridgehead atoms. The van der Waals surface area contributed by atoms with Crippen molar-refractivity contribution in [3.63, 3.8) is 0 Å². The number of fused-ring (bicyclic) bond motifs is 12. The van der Waals surface area contributed by atoms with Crippen LogP contribution in [0.3, 0.4) is 0 Å². The van der Waals surface area contributed by atoms with Crippen LogP contribution in [0.2, 0.25) is 0 Å². The fourth-order valence-electron chi connectivity index (χ4n) is 11.7. The molecule has 12 rings (SSSR count). The summed E-state index contributed by atoms with van der Waals surface area (Å²) in [5.74, 6) is 0. The SMILES string of the molecule is Cc1cc2c(cc1N1B3c4c(cc(-c5ccccc5)cc4-n4c5ccc(C(C)(C)C)cc5c5cc(C(C)(C)C)cc3c54)-c3c1ccc1oc4ccccc4c31)C(C)(C)CCC2(C)C. The summed E-state index contributed by atoms with van der Waals surface area (Å²) in [5, 5.41) is 5.00. The molecule has 3 nitrogen and oxygen atoms in total. The lowest BCUT2D eigenvalue weighted by Gasteiger charge is -2.46. The second-order valence-electron chi connectivity index (χ2n) is 22.5. The first-order valence-electron chi connectivity index (χ1n) is 23.2. The zero-order chi connectivity index (χ0) is 43.7. The number of anilines is 2. The highest BCUT2D eigenvalue weighted by Gasteiger charge is 2.47. The third-order valence-corrected chi connectivity index (χ3v) is 15.4. The van der Waals surface area contributed by atoms with Crippen molar-refractivity contribution in [1.29, 1.82) is 0 Å². The summed E-state index contributed by atoms with van der Waals surface area (Å²) >= 11 is 0. The van der Waals surface area contributed by atoms with Crippen LogP contribution in [0, 0.1) is 6.92 Å². The summed E-state index contributed by atoms with van der Waals surface area (Å²) in [4.78, 5) is 2.76. The Balaban J connectivity index is 1.30. The molecule has 0 saturated carbocycles. The summed E-state index contributed by atoms with van der Waals surface area (Å²) in [6.45, 7) is 26.2. The highest BCUT2D eigenvalue weighted by molar-refractivity contribution is 6.93. The lowest BCUT2D eigenvalue weighted by Crippen LogP contribution is -2.61. The lowest BCUT2D eigenvalue weighted by atomic mass is 9.43. The summed E-state index contributed by atoms with van der Waals surface area (Å²) in [5.41, 5.74) is 23.0. The van der Waals surface area contributed by atoms with Crippen molar-refractivity contribution in [2.45, 2.75) is 111 Å². The van der Waals surface area contributed by atoms with Gasteiger partial charge < -0.3 is 13.8 Å². The van der Waals surface area contributed by atoms with E-state index in [1.165, 1.54) is 112 Å². The number of nitrogens with zero attached hydrogens (tertiary/aromatic N) is 2. The van der Waals surface area contributed by atoms with Crippen LogP contribution in [0.1, 0.15) is 110 Å². The number of aryl methyl sites for hydroxylation is 1. The molecule has 2 aliphatic heterocycles. The second kappa shape index (κ2) is 12.6. The first kappa shape index (κ1) is 38.7. The van der Waals surface area contributed by atoms with Gasteiger partial charge in [0.25, 0.3) is 0 Å². The maximum atomic E-state index is 6.75. The summed E-state index contributed by atoms with van der Waals surface area (Å²) < 4.78 is 9.39. The van der Waals surface area contributed by atoms with Crippen LogP contribution in [-0.2, 0) is 21.7 Å². The van der Waals surface area contributed by atoms with Gasteiger partial charge in [0.05, 0.1) is 11.0 Å². The molecule has 2 aromatic heterocycles. The Morgan fingerprint density at radius 2 is 1.25 bits per heavy atom. The van der Waals surface area contributed by atoms with Crippen LogP contribution >= 0.6 is 0 Å². The largest absolute Gasteiger partial charge is 0.456 e. The monoisotopic (exact) mass is 820 g/mol. The molecule has 3 aliphatic rings. The zero-order valence-electron chi connectivity index (χ0n) is 38.8. The van der Waals surface area contributed by atoms with Gasteiger partial charge in [0.2, 0.25) is 0 Å². The minimum absolute atomic E-state index is 0.00771. The van der Waals surface area contributed by atoms with Crippen LogP contribution < -0.4 is 15.7 Å². The molecule has 4 heterocycles. The topological polar surface area (TPSA) is 21.3 Å². The van der Waals surface area contributed by atoms with E-state index >= 15 is 0 Å². The summed E-state index contributed by atoms with van der Waals surface area (Å²) in [6, 6.07) is 46.8. The Morgan fingerprint density at radius 1 is 0.571 bits per heavy atom. The predicted molar refractivity (Wildman–Crippen MR) is 270 cm³/mol. The zero-order valence-corrected chi connectivity index (χ0v) is 38.8. The third-order valence-electron chi connectivity index (χ3n) is 15.4. The molecule has 0 radical (unpaired) electrons. The van der Waals surface area contributed by atoms with Gasteiger partial charge in [-0.1, -0.05) is 136 Å².